The van der Waals surface area contributed by atoms with Gasteiger partial charge in [-0.05, 0) is 44.8 Å². The van der Waals surface area contributed by atoms with Crippen molar-refractivity contribution in [1.29, 1.82) is 0 Å². The topological polar surface area (TPSA) is 47.6 Å². The van der Waals surface area contributed by atoms with Crippen LogP contribution in [0.2, 0.25) is 0 Å². The molecular weight excluding hydrogens is 354 g/mol. The van der Waals surface area contributed by atoms with E-state index in [9.17, 15) is 4.79 Å². The van der Waals surface area contributed by atoms with E-state index in [1.807, 2.05) is 13.0 Å². The second kappa shape index (κ2) is 6.98. The largest absolute Gasteiger partial charge is 0.495 e. The molecule has 0 aromatic heterocycles. The van der Waals surface area contributed by atoms with Crippen LogP contribution in [0.4, 0.5) is 5.69 Å². The van der Waals surface area contributed by atoms with E-state index >= 15 is 0 Å². The molecule has 6 heteroatoms. The molecule has 94 valence electrons. The minimum atomic E-state index is -0.197. The maximum atomic E-state index is 11.5. The van der Waals surface area contributed by atoms with Gasteiger partial charge in [0, 0.05) is 17.1 Å². The van der Waals surface area contributed by atoms with Crippen molar-refractivity contribution in [1.82, 2.24) is 0 Å². The summed E-state index contributed by atoms with van der Waals surface area (Å²) < 4.78 is 11.8. The average molecular weight is 367 g/mol. The number of hydrogen-bond acceptors (Lipinski definition) is 3. The predicted molar refractivity (Wildman–Crippen MR) is 73.5 cm³/mol. The zero-order chi connectivity index (χ0) is 12.8. The summed E-state index contributed by atoms with van der Waals surface area (Å²) in [5.74, 6) is 0.455. The van der Waals surface area contributed by atoms with E-state index in [-0.39, 0.29) is 12.5 Å². The number of benzene rings is 1. The average Bonchev–Trinajstić information content (AvgIpc) is 2.30. The Balaban J connectivity index is 2.80. The van der Waals surface area contributed by atoms with E-state index in [2.05, 4.69) is 37.2 Å². The van der Waals surface area contributed by atoms with Crippen molar-refractivity contribution in [3.8, 4) is 5.75 Å². The Bertz CT molecular complexity index is 410. The van der Waals surface area contributed by atoms with Gasteiger partial charge in [-0.15, -0.1) is 0 Å². The first-order chi connectivity index (χ1) is 8.08. The van der Waals surface area contributed by atoms with Crippen LogP contribution in [0.5, 0.6) is 5.75 Å². The van der Waals surface area contributed by atoms with Crippen LogP contribution in [0.3, 0.4) is 0 Å². The minimum absolute atomic E-state index is 0.0430. The smallest absolute Gasteiger partial charge is 0.250 e. The highest BCUT2D eigenvalue weighted by Crippen LogP contribution is 2.34. The molecule has 0 saturated heterocycles. The molecule has 1 aromatic rings. The fraction of sp³-hybridized carbons (Fsp3) is 0.364. The van der Waals surface area contributed by atoms with Gasteiger partial charge < -0.3 is 14.8 Å². The van der Waals surface area contributed by atoms with Gasteiger partial charge in [0.15, 0.2) is 0 Å². The van der Waals surface area contributed by atoms with Crippen molar-refractivity contribution in [3.63, 3.8) is 0 Å². The van der Waals surface area contributed by atoms with Crippen molar-refractivity contribution >= 4 is 43.5 Å². The number of nitrogens with one attached hydrogen (secondary N) is 1. The van der Waals surface area contributed by atoms with Gasteiger partial charge in [0.1, 0.15) is 12.4 Å². The fourth-order valence-corrected chi connectivity index (χ4v) is 2.42. The summed E-state index contributed by atoms with van der Waals surface area (Å²) in [6.45, 7) is 2.39. The zero-order valence-corrected chi connectivity index (χ0v) is 12.7. The second-order valence-corrected chi connectivity index (χ2v) is 4.86. The van der Waals surface area contributed by atoms with Crippen LogP contribution < -0.4 is 10.1 Å². The van der Waals surface area contributed by atoms with Gasteiger partial charge in [-0.1, -0.05) is 0 Å². The molecule has 0 radical (unpaired) electrons. The third-order valence-corrected chi connectivity index (χ3v) is 3.23. The molecule has 0 fully saturated rings. The summed E-state index contributed by atoms with van der Waals surface area (Å²) in [6.07, 6.45) is 0. The summed E-state index contributed by atoms with van der Waals surface area (Å²) in [5, 5.41) is 2.74. The van der Waals surface area contributed by atoms with Gasteiger partial charge in [0.25, 0.3) is 0 Å². The highest BCUT2D eigenvalue weighted by Gasteiger charge is 2.09. The number of carbonyl (C=O) groups is 1. The van der Waals surface area contributed by atoms with Crippen LogP contribution in [0.15, 0.2) is 21.1 Å². The number of amides is 1. The molecule has 1 amide bonds. The molecule has 0 heterocycles. The Morgan fingerprint density at radius 3 is 2.65 bits per heavy atom. The van der Waals surface area contributed by atoms with E-state index in [0.29, 0.717) is 18.0 Å². The molecule has 0 aliphatic rings. The molecule has 0 bridgehead atoms. The lowest BCUT2D eigenvalue weighted by Crippen LogP contribution is -2.18. The van der Waals surface area contributed by atoms with Crippen LogP contribution in [-0.2, 0) is 9.53 Å². The molecule has 0 spiro atoms. The standard InChI is InChI=1S/C11H13Br2NO3/c1-3-17-6-11(15)14-9-5-10(16-2)8(13)4-7(9)12/h4-5H,3,6H2,1-2H3,(H,14,15). The van der Waals surface area contributed by atoms with Gasteiger partial charge in [0.2, 0.25) is 5.91 Å². The first kappa shape index (κ1) is 14.5. The number of methoxy groups -OCH3 is 1. The van der Waals surface area contributed by atoms with Crippen LogP contribution >= 0.6 is 31.9 Å². The molecule has 0 unspecified atom stereocenters. The fourth-order valence-electron chi connectivity index (χ4n) is 1.16. The second-order valence-electron chi connectivity index (χ2n) is 3.15. The molecular formula is C11H13Br2NO3. The number of anilines is 1. The van der Waals surface area contributed by atoms with Crippen LogP contribution in [-0.4, -0.2) is 26.2 Å². The van der Waals surface area contributed by atoms with Crippen molar-refractivity contribution in [2.75, 3.05) is 25.6 Å². The summed E-state index contributed by atoms with van der Waals surface area (Å²) >= 11 is 6.72. The van der Waals surface area contributed by atoms with E-state index in [0.717, 1.165) is 8.95 Å². The molecule has 17 heavy (non-hydrogen) atoms. The molecule has 0 aliphatic carbocycles. The number of halogens is 2. The van der Waals surface area contributed by atoms with Crippen molar-refractivity contribution in [2.45, 2.75) is 6.92 Å². The van der Waals surface area contributed by atoms with Gasteiger partial charge in [-0.2, -0.15) is 0 Å². The molecule has 1 rings (SSSR count). The predicted octanol–water partition coefficient (Wildman–Crippen LogP) is 3.20. The van der Waals surface area contributed by atoms with Gasteiger partial charge >= 0.3 is 0 Å². The zero-order valence-electron chi connectivity index (χ0n) is 9.55. The third-order valence-electron chi connectivity index (χ3n) is 1.95. The van der Waals surface area contributed by atoms with Gasteiger partial charge in [0.05, 0.1) is 17.3 Å². The Labute approximate surface area is 117 Å². The number of rotatable bonds is 5. The van der Waals surface area contributed by atoms with E-state index in [1.54, 1.807) is 13.2 Å². The highest BCUT2D eigenvalue weighted by molar-refractivity contribution is 9.11. The Hall–Kier alpha value is -0.590. The van der Waals surface area contributed by atoms with E-state index < -0.39 is 0 Å². The molecule has 4 nitrogen and oxygen atoms in total. The van der Waals surface area contributed by atoms with Crippen molar-refractivity contribution in [3.05, 3.63) is 21.1 Å². The Kier molecular flexibility index (Phi) is 5.94. The monoisotopic (exact) mass is 365 g/mol. The lowest BCUT2D eigenvalue weighted by Gasteiger charge is -2.10. The maximum absolute atomic E-state index is 11.5. The van der Waals surface area contributed by atoms with Crippen molar-refractivity contribution < 1.29 is 14.3 Å². The molecule has 0 saturated carbocycles. The molecule has 0 atom stereocenters. The number of hydrogen-bond donors (Lipinski definition) is 1. The lowest BCUT2D eigenvalue weighted by atomic mass is 10.3. The quantitative estimate of drug-likeness (QED) is 0.870. The molecule has 1 aromatic carbocycles. The maximum Gasteiger partial charge on any atom is 0.250 e. The number of ether oxygens (including phenoxy) is 2. The normalized spacial score (nSPS) is 10.1. The van der Waals surface area contributed by atoms with Gasteiger partial charge in [-0.25, -0.2) is 0 Å². The minimum Gasteiger partial charge on any atom is -0.495 e. The molecule has 0 aliphatic heterocycles. The summed E-state index contributed by atoms with van der Waals surface area (Å²) in [5.41, 5.74) is 0.648. The van der Waals surface area contributed by atoms with Crippen LogP contribution in [0.1, 0.15) is 6.92 Å². The number of carbonyl (C=O) groups excluding carboxylic acids is 1. The van der Waals surface area contributed by atoms with Gasteiger partial charge in [-0.3, -0.25) is 4.79 Å². The van der Waals surface area contributed by atoms with Crippen LogP contribution in [0.25, 0.3) is 0 Å². The lowest BCUT2D eigenvalue weighted by molar-refractivity contribution is -0.120. The van der Waals surface area contributed by atoms with E-state index in [4.69, 9.17) is 9.47 Å². The third kappa shape index (κ3) is 4.29. The summed E-state index contributed by atoms with van der Waals surface area (Å²) in [4.78, 5) is 11.5. The summed E-state index contributed by atoms with van der Waals surface area (Å²) in [7, 11) is 1.57. The first-order valence-electron chi connectivity index (χ1n) is 4.99. The van der Waals surface area contributed by atoms with E-state index in [1.165, 1.54) is 0 Å². The Morgan fingerprint density at radius 2 is 2.06 bits per heavy atom. The van der Waals surface area contributed by atoms with Crippen molar-refractivity contribution in [2.24, 2.45) is 0 Å². The SMILES string of the molecule is CCOCC(=O)Nc1cc(OC)c(Br)cc1Br. The molecule has 1 N–H and O–H groups in total. The van der Waals surface area contributed by atoms with Crippen LogP contribution in [0, 0.1) is 0 Å². The Morgan fingerprint density at radius 1 is 1.35 bits per heavy atom. The highest BCUT2D eigenvalue weighted by atomic mass is 79.9. The summed E-state index contributed by atoms with van der Waals surface area (Å²) in [6, 6.07) is 3.55. The first-order valence-corrected chi connectivity index (χ1v) is 6.57.